The number of rotatable bonds is 5. The molecule has 0 spiro atoms. The number of aromatic amines is 1. The average molecular weight is 345 g/mol. The Kier molecular flexibility index (Phi) is 5.30. The van der Waals surface area contributed by atoms with Crippen molar-refractivity contribution in [1.29, 1.82) is 0 Å². The van der Waals surface area contributed by atoms with Gasteiger partial charge in [-0.3, -0.25) is 9.78 Å². The van der Waals surface area contributed by atoms with Gasteiger partial charge in [0, 0.05) is 49.4 Å². The number of thioether (sulfide) groups is 1. The first-order valence-electron chi connectivity index (χ1n) is 8.19. The van der Waals surface area contributed by atoms with E-state index in [1.165, 1.54) is 5.69 Å². The molecule has 1 aliphatic heterocycles. The van der Waals surface area contributed by atoms with Crippen LogP contribution in [0.2, 0.25) is 0 Å². The number of H-pyrrole nitrogens is 1. The van der Waals surface area contributed by atoms with Gasteiger partial charge < -0.3 is 15.5 Å². The molecule has 6 nitrogen and oxygen atoms in total. The molecule has 1 fully saturated rings. The Morgan fingerprint density at radius 1 is 1.17 bits per heavy atom. The third-order valence-electron chi connectivity index (χ3n) is 4.07. The normalized spacial score (nSPS) is 14.9. The number of hydrogen-bond acceptors (Lipinski definition) is 6. The molecular weight excluding hydrogens is 322 g/mol. The highest BCUT2D eigenvalue weighted by Crippen LogP contribution is 2.19. The number of anilines is 3. The van der Waals surface area contributed by atoms with Crippen LogP contribution < -0.4 is 21.1 Å². The quantitative estimate of drug-likeness (QED) is 0.806. The van der Waals surface area contributed by atoms with Crippen molar-refractivity contribution >= 4 is 29.1 Å². The smallest absolute Gasteiger partial charge is 0.252 e. The molecule has 1 saturated heterocycles. The fourth-order valence-electron chi connectivity index (χ4n) is 2.79. The van der Waals surface area contributed by atoms with E-state index in [1.807, 2.05) is 24.3 Å². The average Bonchev–Trinajstić information content (AvgIpc) is 2.60. The van der Waals surface area contributed by atoms with E-state index in [1.54, 1.807) is 17.8 Å². The molecule has 0 unspecified atom stereocenters. The Labute approximate surface area is 146 Å². The van der Waals surface area contributed by atoms with Crippen molar-refractivity contribution in [2.75, 3.05) is 47.5 Å². The second kappa shape index (κ2) is 7.61. The summed E-state index contributed by atoms with van der Waals surface area (Å²) in [5.41, 5.74) is 8.48. The second-order valence-corrected chi connectivity index (χ2v) is 7.04. The van der Waals surface area contributed by atoms with Crippen LogP contribution in [0.5, 0.6) is 0 Å². The lowest BCUT2D eigenvalue weighted by Crippen LogP contribution is -2.47. The first-order valence-corrected chi connectivity index (χ1v) is 9.34. The predicted molar refractivity (Wildman–Crippen MR) is 102 cm³/mol. The predicted octanol–water partition coefficient (Wildman–Crippen LogP) is 1.93. The minimum absolute atomic E-state index is 0.0762. The van der Waals surface area contributed by atoms with Crippen LogP contribution in [0, 0.1) is 0 Å². The molecule has 3 N–H and O–H groups in total. The standard InChI is InChI=1S/C17H23N5OS/c1-2-24-12-14-11-16(23)20-17(19-14)22-9-7-21(8-10-22)15-5-3-13(18)4-6-15/h3-6,11H,2,7-10,12,18H2,1H3,(H,19,20,23). The summed E-state index contributed by atoms with van der Waals surface area (Å²) >= 11 is 1.77. The lowest BCUT2D eigenvalue weighted by atomic mass is 10.2. The second-order valence-electron chi connectivity index (χ2n) is 5.76. The van der Waals surface area contributed by atoms with Crippen molar-refractivity contribution in [1.82, 2.24) is 9.97 Å². The summed E-state index contributed by atoms with van der Waals surface area (Å²) < 4.78 is 0. The Bertz CT molecular complexity index is 723. The van der Waals surface area contributed by atoms with Gasteiger partial charge in [-0.15, -0.1) is 0 Å². The number of nitrogens with two attached hydrogens (primary N) is 1. The van der Waals surface area contributed by atoms with Crippen LogP contribution in [0.1, 0.15) is 12.6 Å². The first kappa shape index (κ1) is 16.7. The molecular formula is C17H23N5OS. The van der Waals surface area contributed by atoms with Crippen molar-refractivity contribution in [2.24, 2.45) is 0 Å². The first-order chi connectivity index (χ1) is 11.7. The highest BCUT2D eigenvalue weighted by atomic mass is 32.2. The van der Waals surface area contributed by atoms with Gasteiger partial charge in [0.15, 0.2) is 0 Å². The van der Waals surface area contributed by atoms with Crippen LogP contribution in [0.15, 0.2) is 35.1 Å². The van der Waals surface area contributed by atoms with Gasteiger partial charge in [-0.25, -0.2) is 4.98 Å². The minimum atomic E-state index is -0.0762. The van der Waals surface area contributed by atoms with Crippen molar-refractivity contribution in [2.45, 2.75) is 12.7 Å². The monoisotopic (exact) mass is 345 g/mol. The maximum Gasteiger partial charge on any atom is 0.252 e. The SMILES string of the molecule is CCSCc1cc(=O)[nH]c(N2CCN(c3ccc(N)cc3)CC2)n1. The molecule has 0 amide bonds. The third-order valence-corrected chi connectivity index (χ3v) is 4.98. The molecule has 1 aliphatic rings. The summed E-state index contributed by atoms with van der Waals surface area (Å²) in [4.78, 5) is 23.8. The largest absolute Gasteiger partial charge is 0.399 e. The van der Waals surface area contributed by atoms with Crippen LogP contribution in [0.4, 0.5) is 17.3 Å². The number of nitrogens with zero attached hydrogens (tertiary/aromatic N) is 3. The fourth-order valence-corrected chi connectivity index (χ4v) is 3.35. The van der Waals surface area contributed by atoms with E-state index in [0.29, 0.717) is 5.95 Å². The van der Waals surface area contributed by atoms with Gasteiger partial charge in [-0.1, -0.05) is 6.92 Å². The molecule has 24 heavy (non-hydrogen) atoms. The van der Waals surface area contributed by atoms with E-state index in [2.05, 4.69) is 26.7 Å². The topological polar surface area (TPSA) is 78.2 Å². The van der Waals surface area contributed by atoms with E-state index in [4.69, 9.17) is 5.73 Å². The Hall–Kier alpha value is -2.15. The number of aromatic nitrogens is 2. The number of piperazine rings is 1. The summed E-state index contributed by atoms with van der Waals surface area (Å²) in [7, 11) is 0. The van der Waals surface area contributed by atoms with Crippen LogP contribution in [-0.2, 0) is 5.75 Å². The molecule has 0 bridgehead atoms. The van der Waals surface area contributed by atoms with Gasteiger partial charge in [0.2, 0.25) is 5.95 Å². The molecule has 2 heterocycles. The van der Waals surface area contributed by atoms with E-state index in [0.717, 1.165) is 49.1 Å². The van der Waals surface area contributed by atoms with E-state index in [9.17, 15) is 4.79 Å². The molecule has 1 aromatic carbocycles. The van der Waals surface area contributed by atoms with Gasteiger partial charge >= 0.3 is 0 Å². The summed E-state index contributed by atoms with van der Waals surface area (Å²) in [6, 6.07) is 9.55. The fraction of sp³-hybridized carbons (Fsp3) is 0.412. The van der Waals surface area contributed by atoms with Gasteiger partial charge in [0.1, 0.15) is 0 Å². The number of benzene rings is 1. The summed E-state index contributed by atoms with van der Waals surface area (Å²) in [6.07, 6.45) is 0. The summed E-state index contributed by atoms with van der Waals surface area (Å²) in [5, 5.41) is 0. The lowest BCUT2D eigenvalue weighted by molar-refractivity contribution is 0.638. The molecule has 3 rings (SSSR count). The van der Waals surface area contributed by atoms with Gasteiger partial charge in [0.25, 0.3) is 5.56 Å². The zero-order valence-corrected chi connectivity index (χ0v) is 14.7. The maximum atomic E-state index is 11.9. The Balaban J connectivity index is 1.67. The molecule has 2 aromatic rings. The lowest BCUT2D eigenvalue weighted by Gasteiger charge is -2.36. The number of hydrogen-bond donors (Lipinski definition) is 2. The Morgan fingerprint density at radius 2 is 1.83 bits per heavy atom. The zero-order valence-electron chi connectivity index (χ0n) is 13.9. The van der Waals surface area contributed by atoms with Crippen LogP contribution in [-0.4, -0.2) is 41.9 Å². The van der Waals surface area contributed by atoms with Crippen molar-refractivity contribution < 1.29 is 0 Å². The Morgan fingerprint density at radius 3 is 2.50 bits per heavy atom. The maximum absolute atomic E-state index is 11.9. The van der Waals surface area contributed by atoms with Crippen LogP contribution in [0.3, 0.4) is 0 Å². The number of nitrogen functional groups attached to an aromatic ring is 1. The van der Waals surface area contributed by atoms with Crippen LogP contribution in [0.25, 0.3) is 0 Å². The molecule has 0 saturated carbocycles. The third kappa shape index (κ3) is 4.03. The van der Waals surface area contributed by atoms with Crippen molar-refractivity contribution in [3.8, 4) is 0 Å². The highest BCUT2D eigenvalue weighted by Gasteiger charge is 2.19. The summed E-state index contributed by atoms with van der Waals surface area (Å²) in [5.74, 6) is 2.48. The zero-order chi connectivity index (χ0) is 16.9. The molecule has 1 aromatic heterocycles. The minimum Gasteiger partial charge on any atom is -0.399 e. The van der Waals surface area contributed by atoms with Crippen LogP contribution >= 0.6 is 11.8 Å². The van der Waals surface area contributed by atoms with Crippen molar-refractivity contribution in [3.05, 3.63) is 46.4 Å². The van der Waals surface area contributed by atoms with E-state index in [-0.39, 0.29) is 5.56 Å². The van der Waals surface area contributed by atoms with Gasteiger partial charge in [0.05, 0.1) is 5.69 Å². The number of nitrogens with one attached hydrogen (secondary N) is 1. The van der Waals surface area contributed by atoms with E-state index < -0.39 is 0 Å². The highest BCUT2D eigenvalue weighted by molar-refractivity contribution is 7.98. The van der Waals surface area contributed by atoms with Gasteiger partial charge in [-0.05, 0) is 30.0 Å². The summed E-state index contributed by atoms with van der Waals surface area (Å²) in [6.45, 7) is 5.55. The van der Waals surface area contributed by atoms with Crippen molar-refractivity contribution in [3.63, 3.8) is 0 Å². The molecule has 0 radical (unpaired) electrons. The van der Waals surface area contributed by atoms with E-state index >= 15 is 0 Å². The molecule has 7 heteroatoms. The molecule has 0 aliphatic carbocycles. The van der Waals surface area contributed by atoms with Gasteiger partial charge in [-0.2, -0.15) is 11.8 Å². The molecule has 0 atom stereocenters. The molecule has 128 valence electrons.